The van der Waals surface area contributed by atoms with Gasteiger partial charge in [0, 0.05) is 5.41 Å². The van der Waals surface area contributed by atoms with E-state index in [0.717, 1.165) is 31.6 Å². The van der Waals surface area contributed by atoms with Crippen molar-refractivity contribution in [2.75, 3.05) is 6.54 Å². The van der Waals surface area contributed by atoms with Crippen LogP contribution < -0.4 is 5.32 Å². The number of hydrogen-bond acceptors (Lipinski definition) is 2. The molecule has 2 nitrogen and oxygen atoms in total. The van der Waals surface area contributed by atoms with E-state index in [1.54, 1.807) is 6.26 Å². The molecular weight excluding hydrogens is 258 g/mol. The molecule has 2 heteroatoms. The van der Waals surface area contributed by atoms with Gasteiger partial charge in [0.25, 0.3) is 0 Å². The van der Waals surface area contributed by atoms with Crippen LogP contribution in [0.2, 0.25) is 0 Å². The van der Waals surface area contributed by atoms with E-state index in [0.29, 0.717) is 0 Å². The van der Waals surface area contributed by atoms with Crippen molar-refractivity contribution in [1.82, 2.24) is 5.32 Å². The van der Waals surface area contributed by atoms with Crippen molar-refractivity contribution in [3.05, 3.63) is 60.1 Å². The summed E-state index contributed by atoms with van der Waals surface area (Å²) in [5, 5.41) is 3.72. The fourth-order valence-corrected chi connectivity index (χ4v) is 3.32. The third-order valence-electron chi connectivity index (χ3n) is 4.59. The van der Waals surface area contributed by atoms with Crippen LogP contribution in [0.4, 0.5) is 0 Å². The fourth-order valence-electron chi connectivity index (χ4n) is 3.32. The van der Waals surface area contributed by atoms with Gasteiger partial charge in [0.05, 0.1) is 12.3 Å². The molecule has 0 aliphatic rings. The van der Waals surface area contributed by atoms with Crippen LogP contribution in [0.3, 0.4) is 0 Å². The van der Waals surface area contributed by atoms with Crippen LogP contribution in [0, 0.1) is 0 Å². The van der Waals surface area contributed by atoms with E-state index >= 15 is 0 Å². The maximum absolute atomic E-state index is 5.76. The molecule has 0 saturated carbocycles. The van der Waals surface area contributed by atoms with Crippen molar-refractivity contribution in [3.63, 3.8) is 0 Å². The largest absolute Gasteiger partial charge is 0.468 e. The zero-order valence-corrected chi connectivity index (χ0v) is 13.4. The van der Waals surface area contributed by atoms with Gasteiger partial charge in [-0.15, -0.1) is 0 Å². The van der Waals surface area contributed by atoms with E-state index < -0.39 is 0 Å². The van der Waals surface area contributed by atoms with Gasteiger partial charge in [-0.3, -0.25) is 0 Å². The summed E-state index contributed by atoms with van der Waals surface area (Å²) in [6.45, 7) is 7.76. The molecule has 2 rings (SSSR count). The quantitative estimate of drug-likeness (QED) is 0.731. The second-order valence-corrected chi connectivity index (χ2v) is 5.63. The summed E-state index contributed by atoms with van der Waals surface area (Å²) >= 11 is 0. The highest BCUT2D eigenvalue weighted by Crippen LogP contribution is 2.43. The smallest absolute Gasteiger partial charge is 0.121 e. The average Bonchev–Trinajstić information content (AvgIpc) is 3.07. The molecule has 0 amide bonds. The summed E-state index contributed by atoms with van der Waals surface area (Å²) < 4.78 is 5.76. The molecule has 1 atom stereocenters. The molecule has 21 heavy (non-hydrogen) atoms. The van der Waals surface area contributed by atoms with Crippen molar-refractivity contribution in [3.8, 4) is 0 Å². The third kappa shape index (κ3) is 3.21. The molecule has 0 spiro atoms. The van der Waals surface area contributed by atoms with Gasteiger partial charge in [0.2, 0.25) is 0 Å². The molecule has 0 aliphatic heterocycles. The molecule has 1 N–H and O–H groups in total. The lowest BCUT2D eigenvalue weighted by Crippen LogP contribution is -2.41. The van der Waals surface area contributed by atoms with E-state index in [-0.39, 0.29) is 11.5 Å². The second kappa shape index (κ2) is 7.46. The zero-order chi connectivity index (χ0) is 15.1. The van der Waals surface area contributed by atoms with Gasteiger partial charge >= 0.3 is 0 Å². The Morgan fingerprint density at radius 2 is 1.71 bits per heavy atom. The van der Waals surface area contributed by atoms with Gasteiger partial charge in [0.15, 0.2) is 0 Å². The first kappa shape index (κ1) is 15.8. The van der Waals surface area contributed by atoms with Gasteiger partial charge in [-0.2, -0.15) is 0 Å². The lowest BCUT2D eigenvalue weighted by atomic mass is 9.69. The summed E-state index contributed by atoms with van der Waals surface area (Å²) in [5.41, 5.74) is 1.45. The molecule has 1 heterocycles. The predicted molar refractivity (Wildman–Crippen MR) is 88.4 cm³/mol. The number of hydrogen-bond donors (Lipinski definition) is 1. The summed E-state index contributed by atoms with van der Waals surface area (Å²) in [5.74, 6) is 1.04. The number of nitrogens with one attached hydrogen (secondary N) is 1. The highest BCUT2D eigenvalue weighted by atomic mass is 16.3. The Kier molecular flexibility index (Phi) is 5.63. The Morgan fingerprint density at radius 1 is 1.00 bits per heavy atom. The average molecular weight is 285 g/mol. The molecular formula is C19H27NO. The maximum Gasteiger partial charge on any atom is 0.121 e. The topological polar surface area (TPSA) is 25.2 Å². The minimum absolute atomic E-state index is 0.0638. The van der Waals surface area contributed by atoms with Crippen molar-refractivity contribution in [2.24, 2.45) is 0 Å². The van der Waals surface area contributed by atoms with Gasteiger partial charge < -0.3 is 9.73 Å². The predicted octanol–water partition coefficient (Wildman–Crippen LogP) is 5.08. The first-order chi connectivity index (χ1) is 10.3. The summed E-state index contributed by atoms with van der Waals surface area (Å²) in [6.07, 6.45) is 5.05. The SMILES string of the molecule is CCCNC(c1ccco1)C(CC)(CC)c1ccccc1. The van der Waals surface area contributed by atoms with E-state index in [4.69, 9.17) is 4.42 Å². The van der Waals surface area contributed by atoms with Gasteiger partial charge in [-0.05, 0) is 43.5 Å². The fraction of sp³-hybridized carbons (Fsp3) is 0.474. The van der Waals surface area contributed by atoms with Crippen LogP contribution in [0.1, 0.15) is 57.4 Å². The van der Waals surface area contributed by atoms with Crippen LogP contribution >= 0.6 is 0 Å². The first-order valence-corrected chi connectivity index (χ1v) is 8.10. The van der Waals surface area contributed by atoms with E-state index in [9.17, 15) is 0 Å². The Morgan fingerprint density at radius 3 is 2.24 bits per heavy atom. The van der Waals surface area contributed by atoms with Crippen LogP contribution in [0.5, 0.6) is 0 Å². The van der Waals surface area contributed by atoms with Gasteiger partial charge in [-0.1, -0.05) is 51.1 Å². The Balaban J connectivity index is 2.45. The third-order valence-corrected chi connectivity index (χ3v) is 4.59. The highest BCUT2D eigenvalue weighted by Gasteiger charge is 2.39. The van der Waals surface area contributed by atoms with Crippen molar-refractivity contribution >= 4 is 0 Å². The summed E-state index contributed by atoms with van der Waals surface area (Å²) in [4.78, 5) is 0. The van der Waals surface area contributed by atoms with E-state index in [1.807, 2.05) is 6.07 Å². The standard InChI is InChI=1S/C19H27NO/c1-4-14-20-18(17-13-10-15-21-17)19(5-2,6-3)16-11-8-7-9-12-16/h7-13,15,18,20H,4-6,14H2,1-3H3. The van der Waals surface area contributed by atoms with Gasteiger partial charge in [0.1, 0.15) is 5.76 Å². The number of rotatable bonds is 8. The second-order valence-electron chi connectivity index (χ2n) is 5.63. The molecule has 2 aromatic rings. The molecule has 0 bridgehead atoms. The van der Waals surface area contributed by atoms with Crippen molar-refractivity contribution in [1.29, 1.82) is 0 Å². The molecule has 1 aromatic heterocycles. The summed E-state index contributed by atoms with van der Waals surface area (Å²) in [6, 6.07) is 15.1. The van der Waals surface area contributed by atoms with Crippen LogP contribution in [0.25, 0.3) is 0 Å². The number of benzene rings is 1. The van der Waals surface area contributed by atoms with Crippen LogP contribution in [-0.4, -0.2) is 6.54 Å². The minimum Gasteiger partial charge on any atom is -0.468 e. The van der Waals surface area contributed by atoms with Crippen molar-refractivity contribution in [2.45, 2.75) is 51.5 Å². The highest BCUT2D eigenvalue weighted by molar-refractivity contribution is 5.30. The van der Waals surface area contributed by atoms with E-state index in [2.05, 4.69) is 62.5 Å². The van der Waals surface area contributed by atoms with Crippen LogP contribution in [0.15, 0.2) is 53.1 Å². The molecule has 0 radical (unpaired) electrons. The monoisotopic (exact) mass is 285 g/mol. The van der Waals surface area contributed by atoms with E-state index in [1.165, 1.54) is 5.56 Å². The Bertz CT molecular complexity index is 500. The van der Waals surface area contributed by atoms with Crippen LogP contribution in [-0.2, 0) is 5.41 Å². The molecule has 1 aromatic carbocycles. The Labute approximate surface area is 128 Å². The summed E-state index contributed by atoms with van der Waals surface area (Å²) in [7, 11) is 0. The molecule has 114 valence electrons. The molecule has 0 saturated heterocycles. The van der Waals surface area contributed by atoms with Gasteiger partial charge in [-0.25, -0.2) is 0 Å². The minimum atomic E-state index is 0.0638. The molecule has 1 unspecified atom stereocenters. The van der Waals surface area contributed by atoms with Crippen molar-refractivity contribution < 1.29 is 4.42 Å². The zero-order valence-electron chi connectivity index (χ0n) is 13.4. The normalized spacial score (nSPS) is 13.3. The Hall–Kier alpha value is -1.54. The maximum atomic E-state index is 5.76. The first-order valence-electron chi connectivity index (χ1n) is 8.10. The molecule has 0 aliphatic carbocycles. The number of furan rings is 1. The lowest BCUT2D eigenvalue weighted by Gasteiger charge is -2.40. The lowest BCUT2D eigenvalue weighted by molar-refractivity contribution is 0.242. The molecule has 0 fully saturated rings.